The van der Waals surface area contributed by atoms with E-state index in [1.165, 1.54) is 23.5 Å². The van der Waals surface area contributed by atoms with Crippen molar-refractivity contribution in [3.63, 3.8) is 0 Å². The van der Waals surface area contributed by atoms with Gasteiger partial charge in [0.15, 0.2) is 9.84 Å². The van der Waals surface area contributed by atoms with E-state index in [-0.39, 0.29) is 21.2 Å². The summed E-state index contributed by atoms with van der Waals surface area (Å²) in [5.74, 6) is -1.41. The summed E-state index contributed by atoms with van der Waals surface area (Å²) in [5, 5.41) is 12.5. The van der Waals surface area contributed by atoms with Crippen LogP contribution < -0.4 is 0 Å². The molecular weight excluding hydrogens is 308 g/mol. The molecule has 1 aromatic carbocycles. The summed E-state index contributed by atoms with van der Waals surface area (Å²) in [5.41, 5.74) is 0.463. The molecule has 0 aliphatic rings. The molecule has 4 nitrogen and oxygen atoms in total. The minimum atomic E-state index is -3.57. The Morgan fingerprint density at radius 3 is 2.63 bits per heavy atom. The number of carbonyl (C=O) groups is 1. The first-order chi connectivity index (χ1) is 8.90. The Morgan fingerprint density at radius 2 is 2.05 bits per heavy atom. The molecule has 2 aromatic rings. The van der Waals surface area contributed by atoms with E-state index in [4.69, 9.17) is 16.7 Å². The van der Waals surface area contributed by atoms with Crippen molar-refractivity contribution in [1.29, 1.82) is 0 Å². The maximum Gasteiger partial charge on any atom is 0.337 e. The van der Waals surface area contributed by atoms with Crippen LogP contribution in [0.4, 0.5) is 0 Å². The molecule has 2 rings (SSSR count). The van der Waals surface area contributed by atoms with Crippen LogP contribution >= 0.6 is 22.9 Å². The molecule has 0 bridgehead atoms. The van der Waals surface area contributed by atoms with Crippen LogP contribution in [0.15, 0.2) is 39.9 Å². The summed E-state index contributed by atoms with van der Waals surface area (Å²) >= 11 is 7.12. The van der Waals surface area contributed by atoms with Gasteiger partial charge in [-0.3, -0.25) is 0 Å². The van der Waals surface area contributed by atoms with Crippen LogP contribution in [0, 0.1) is 0 Å². The number of rotatable bonds is 4. The lowest BCUT2D eigenvalue weighted by Crippen LogP contribution is -2.06. The number of sulfone groups is 1. The average Bonchev–Trinajstić information content (AvgIpc) is 2.80. The van der Waals surface area contributed by atoms with Crippen LogP contribution in [0.5, 0.6) is 0 Å². The molecule has 19 heavy (non-hydrogen) atoms. The maximum atomic E-state index is 12.2. The van der Waals surface area contributed by atoms with Gasteiger partial charge in [0.2, 0.25) is 0 Å². The number of thiophene rings is 1. The summed E-state index contributed by atoms with van der Waals surface area (Å²) < 4.78 is 24.3. The predicted octanol–water partition coefficient (Wildman–Crippen LogP) is 3.07. The normalized spacial score (nSPS) is 11.4. The van der Waals surface area contributed by atoms with E-state index < -0.39 is 15.8 Å². The highest BCUT2D eigenvalue weighted by Crippen LogP contribution is 2.23. The molecule has 7 heteroatoms. The van der Waals surface area contributed by atoms with Gasteiger partial charge in [-0.05, 0) is 40.6 Å². The lowest BCUT2D eigenvalue weighted by atomic mass is 10.2. The highest BCUT2D eigenvalue weighted by Gasteiger charge is 2.19. The first-order valence-electron chi connectivity index (χ1n) is 5.17. The van der Waals surface area contributed by atoms with Gasteiger partial charge in [-0.25, -0.2) is 13.2 Å². The van der Waals surface area contributed by atoms with Gasteiger partial charge in [-0.1, -0.05) is 11.6 Å². The largest absolute Gasteiger partial charge is 0.478 e. The maximum absolute atomic E-state index is 12.2. The van der Waals surface area contributed by atoms with Crippen LogP contribution in [-0.2, 0) is 15.6 Å². The summed E-state index contributed by atoms with van der Waals surface area (Å²) in [6.45, 7) is 0. The zero-order chi connectivity index (χ0) is 14.0. The lowest BCUT2D eigenvalue weighted by molar-refractivity contribution is 0.0697. The van der Waals surface area contributed by atoms with Crippen molar-refractivity contribution in [2.75, 3.05) is 0 Å². The van der Waals surface area contributed by atoms with E-state index in [1.807, 2.05) is 0 Å². The standard InChI is InChI=1S/C12H9ClO4S2/c13-11-2-1-9(5-10(11)12(14)15)19(16,17)7-8-3-4-18-6-8/h1-6H,7H2,(H,14,15). The average molecular weight is 317 g/mol. The van der Waals surface area contributed by atoms with Gasteiger partial charge < -0.3 is 5.11 Å². The highest BCUT2D eigenvalue weighted by molar-refractivity contribution is 7.90. The third kappa shape index (κ3) is 3.15. The van der Waals surface area contributed by atoms with Crippen LogP contribution in [0.25, 0.3) is 0 Å². The van der Waals surface area contributed by atoms with Crippen LogP contribution in [-0.4, -0.2) is 19.5 Å². The van der Waals surface area contributed by atoms with Crippen LogP contribution in [0.1, 0.15) is 15.9 Å². The first-order valence-corrected chi connectivity index (χ1v) is 8.14. The molecule has 0 unspecified atom stereocenters. The van der Waals surface area contributed by atoms with Crippen LogP contribution in [0.2, 0.25) is 5.02 Å². The highest BCUT2D eigenvalue weighted by atomic mass is 35.5. The van der Waals surface area contributed by atoms with Crippen molar-refractivity contribution in [3.8, 4) is 0 Å². The Balaban J connectivity index is 2.41. The van der Waals surface area contributed by atoms with E-state index in [0.717, 1.165) is 6.07 Å². The fourth-order valence-corrected chi connectivity index (χ4v) is 3.87. The summed E-state index contributed by atoms with van der Waals surface area (Å²) in [4.78, 5) is 10.9. The smallest absolute Gasteiger partial charge is 0.337 e. The van der Waals surface area contributed by atoms with Crippen LogP contribution in [0.3, 0.4) is 0 Å². The number of hydrogen-bond acceptors (Lipinski definition) is 4. The van der Waals surface area contributed by atoms with E-state index in [0.29, 0.717) is 5.56 Å². The van der Waals surface area contributed by atoms with Gasteiger partial charge in [-0.2, -0.15) is 11.3 Å². The zero-order valence-corrected chi connectivity index (χ0v) is 11.9. The number of halogens is 1. The second-order valence-electron chi connectivity index (χ2n) is 3.84. The van der Waals surface area contributed by atoms with Gasteiger partial charge >= 0.3 is 5.97 Å². The Bertz CT molecular complexity index is 705. The molecule has 0 saturated heterocycles. The van der Waals surface area contributed by atoms with E-state index >= 15 is 0 Å². The third-order valence-corrected chi connectivity index (χ3v) is 5.21. The Kier molecular flexibility index (Phi) is 3.93. The number of aromatic carboxylic acids is 1. The Hall–Kier alpha value is -1.37. The summed E-state index contributed by atoms with van der Waals surface area (Å²) in [7, 11) is -3.57. The first kappa shape index (κ1) is 14.0. The minimum Gasteiger partial charge on any atom is -0.478 e. The summed E-state index contributed by atoms with van der Waals surface area (Å²) in [6.07, 6.45) is 0. The fraction of sp³-hybridized carbons (Fsp3) is 0.0833. The fourth-order valence-electron chi connectivity index (χ4n) is 1.54. The van der Waals surface area contributed by atoms with Gasteiger partial charge in [0.1, 0.15) is 0 Å². The van der Waals surface area contributed by atoms with Crippen molar-refractivity contribution in [2.24, 2.45) is 0 Å². The number of hydrogen-bond donors (Lipinski definition) is 1. The van der Waals surface area contributed by atoms with Gasteiger partial charge in [0.05, 0.1) is 21.2 Å². The minimum absolute atomic E-state index is 0.0157. The van der Waals surface area contributed by atoms with Gasteiger partial charge in [-0.15, -0.1) is 0 Å². The van der Waals surface area contributed by atoms with E-state index in [2.05, 4.69) is 0 Å². The van der Waals surface area contributed by atoms with Crippen molar-refractivity contribution in [1.82, 2.24) is 0 Å². The molecule has 0 spiro atoms. The molecule has 0 amide bonds. The molecule has 0 aliphatic heterocycles. The molecule has 0 fully saturated rings. The lowest BCUT2D eigenvalue weighted by Gasteiger charge is -2.05. The predicted molar refractivity (Wildman–Crippen MR) is 73.6 cm³/mol. The topological polar surface area (TPSA) is 71.4 Å². The molecular formula is C12H9ClO4S2. The SMILES string of the molecule is O=C(O)c1cc(S(=O)(=O)Cc2ccsc2)ccc1Cl. The zero-order valence-electron chi connectivity index (χ0n) is 9.54. The molecule has 0 atom stereocenters. The van der Waals surface area contributed by atoms with Crippen molar-refractivity contribution in [2.45, 2.75) is 10.6 Å². The second kappa shape index (κ2) is 5.32. The number of carboxylic acid groups (broad SMARTS) is 1. The number of carboxylic acids is 1. The van der Waals surface area contributed by atoms with E-state index in [1.54, 1.807) is 16.8 Å². The molecule has 1 N–H and O–H groups in total. The molecule has 1 heterocycles. The number of benzene rings is 1. The van der Waals surface area contributed by atoms with Crippen molar-refractivity contribution in [3.05, 3.63) is 51.2 Å². The molecule has 0 saturated carbocycles. The summed E-state index contributed by atoms with van der Waals surface area (Å²) in [6, 6.07) is 5.41. The van der Waals surface area contributed by atoms with Gasteiger partial charge in [0.25, 0.3) is 0 Å². The Labute approximate surface area is 119 Å². The van der Waals surface area contributed by atoms with E-state index in [9.17, 15) is 13.2 Å². The van der Waals surface area contributed by atoms with Crippen molar-refractivity contribution < 1.29 is 18.3 Å². The quantitative estimate of drug-likeness (QED) is 0.941. The molecule has 100 valence electrons. The van der Waals surface area contributed by atoms with Crippen molar-refractivity contribution >= 4 is 38.7 Å². The third-order valence-electron chi connectivity index (χ3n) is 2.46. The second-order valence-corrected chi connectivity index (χ2v) is 7.01. The molecule has 0 radical (unpaired) electrons. The van der Waals surface area contributed by atoms with Gasteiger partial charge in [0, 0.05) is 0 Å². The monoisotopic (exact) mass is 316 g/mol. The Morgan fingerprint density at radius 1 is 1.32 bits per heavy atom. The molecule has 1 aromatic heterocycles. The molecule has 0 aliphatic carbocycles.